The largest absolute Gasteiger partial charge is 0.291 e. The first-order chi connectivity index (χ1) is 8.38. The smallest absolute Gasteiger partial charge is 0.202 e. The molecule has 0 atom stereocenters. The van der Waals surface area contributed by atoms with Crippen molar-refractivity contribution in [2.45, 2.75) is 12.8 Å². The van der Waals surface area contributed by atoms with Crippen molar-refractivity contribution in [1.29, 1.82) is 0 Å². The van der Waals surface area contributed by atoms with Crippen molar-refractivity contribution in [3.63, 3.8) is 0 Å². The van der Waals surface area contributed by atoms with Crippen molar-refractivity contribution in [1.82, 2.24) is 0 Å². The second-order valence-electron chi connectivity index (χ2n) is 4.19. The van der Waals surface area contributed by atoms with E-state index in [4.69, 9.17) is 0 Å². The van der Waals surface area contributed by atoms with Gasteiger partial charge in [-0.2, -0.15) is 0 Å². The fraction of sp³-hybridized carbons (Fsp3) is 0.188. The zero-order chi connectivity index (χ0) is 11.9. The Morgan fingerprint density at radius 1 is 0.765 bits per heavy atom. The highest BCUT2D eigenvalue weighted by Gasteiger charge is 2.10. The van der Waals surface area contributed by atoms with Crippen LogP contribution in [0.1, 0.15) is 11.1 Å². The first kappa shape index (κ1) is 11.6. The lowest BCUT2D eigenvalue weighted by molar-refractivity contribution is 0.516. The molecule has 85 valence electrons. The number of hydrogen-bond donors (Lipinski definition) is 0. The molecule has 0 aromatic heterocycles. The predicted molar refractivity (Wildman–Crippen MR) is 69.5 cm³/mol. The lowest BCUT2D eigenvalue weighted by Crippen LogP contribution is -2.09. The molecule has 0 heterocycles. The van der Waals surface area contributed by atoms with E-state index in [1.165, 1.54) is 11.1 Å². The molecule has 1 nitrogen and oxygen atoms in total. The minimum absolute atomic E-state index is 0.0557. The van der Waals surface area contributed by atoms with Crippen LogP contribution in [0.3, 0.4) is 0 Å². The van der Waals surface area contributed by atoms with E-state index in [0.29, 0.717) is 0 Å². The molecule has 0 bridgehead atoms. The molecule has 0 unspecified atom stereocenters. The van der Waals surface area contributed by atoms with Crippen molar-refractivity contribution in [3.05, 3.63) is 71.8 Å². The number of hydrogen-bond acceptors (Lipinski definition) is 1. The van der Waals surface area contributed by atoms with E-state index < -0.39 is 0 Å². The van der Waals surface area contributed by atoms with Gasteiger partial charge in [0.15, 0.2) is 0 Å². The standard InChI is InChI=1S/C16H15O/c17-13-16(11-14-7-3-1-4-8-14)12-15-9-5-2-6-10-15/h1-10,16H,11-12H2. The van der Waals surface area contributed by atoms with E-state index >= 15 is 0 Å². The number of benzene rings is 2. The Balaban J connectivity index is 2.01. The normalized spacial score (nSPS) is 10.4. The van der Waals surface area contributed by atoms with Gasteiger partial charge in [-0.25, -0.2) is 0 Å². The van der Waals surface area contributed by atoms with Crippen LogP contribution in [0.15, 0.2) is 60.7 Å². The van der Waals surface area contributed by atoms with E-state index in [-0.39, 0.29) is 5.92 Å². The third kappa shape index (κ3) is 3.56. The monoisotopic (exact) mass is 223 g/mol. The van der Waals surface area contributed by atoms with Gasteiger partial charge >= 0.3 is 0 Å². The molecule has 1 radical (unpaired) electrons. The average molecular weight is 223 g/mol. The topological polar surface area (TPSA) is 17.1 Å². The van der Waals surface area contributed by atoms with Crippen LogP contribution in [0, 0.1) is 5.92 Å². The second kappa shape index (κ2) is 6.00. The Bertz CT molecular complexity index is 406. The summed E-state index contributed by atoms with van der Waals surface area (Å²) >= 11 is 0. The van der Waals surface area contributed by atoms with E-state index in [1.54, 1.807) is 0 Å². The number of carbonyl (C=O) groups excluding carboxylic acids is 1. The summed E-state index contributed by atoms with van der Waals surface area (Å²) in [5.74, 6) is -0.0557. The number of rotatable bonds is 5. The Hall–Kier alpha value is -1.89. The molecular formula is C16H15O. The predicted octanol–water partition coefficient (Wildman–Crippen LogP) is 3.20. The van der Waals surface area contributed by atoms with Crippen LogP contribution in [0.5, 0.6) is 0 Å². The van der Waals surface area contributed by atoms with Crippen molar-refractivity contribution >= 4 is 6.29 Å². The molecule has 0 spiro atoms. The van der Waals surface area contributed by atoms with Gasteiger partial charge in [-0.1, -0.05) is 60.7 Å². The third-order valence-electron chi connectivity index (χ3n) is 2.82. The SMILES string of the molecule is O=[C]C(Cc1ccccc1)Cc1ccccc1. The van der Waals surface area contributed by atoms with Gasteiger partial charge in [0, 0.05) is 5.92 Å². The molecule has 0 aliphatic carbocycles. The van der Waals surface area contributed by atoms with Gasteiger partial charge < -0.3 is 0 Å². The van der Waals surface area contributed by atoms with E-state index in [9.17, 15) is 4.79 Å². The summed E-state index contributed by atoms with van der Waals surface area (Å²) in [4.78, 5) is 11.0. The maximum absolute atomic E-state index is 11.0. The molecule has 0 fully saturated rings. The minimum atomic E-state index is -0.0557. The summed E-state index contributed by atoms with van der Waals surface area (Å²) in [5, 5.41) is 0. The molecular weight excluding hydrogens is 208 g/mol. The molecule has 2 rings (SSSR count). The highest BCUT2D eigenvalue weighted by Crippen LogP contribution is 2.12. The fourth-order valence-corrected chi connectivity index (χ4v) is 1.95. The van der Waals surface area contributed by atoms with Crippen LogP contribution < -0.4 is 0 Å². The van der Waals surface area contributed by atoms with E-state index in [1.807, 2.05) is 36.4 Å². The van der Waals surface area contributed by atoms with Crippen molar-refractivity contribution < 1.29 is 4.79 Å². The highest BCUT2D eigenvalue weighted by atomic mass is 16.1. The van der Waals surface area contributed by atoms with Crippen LogP contribution >= 0.6 is 0 Å². The molecule has 1 heteroatoms. The summed E-state index contributed by atoms with van der Waals surface area (Å²) in [6, 6.07) is 20.2. The minimum Gasteiger partial charge on any atom is -0.291 e. The Morgan fingerprint density at radius 2 is 1.18 bits per heavy atom. The van der Waals surface area contributed by atoms with Crippen molar-refractivity contribution in [3.8, 4) is 0 Å². The average Bonchev–Trinajstić information content (AvgIpc) is 2.40. The lowest BCUT2D eigenvalue weighted by atomic mass is 9.94. The second-order valence-corrected chi connectivity index (χ2v) is 4.19. The lowest BCUT2D eigenvalue weighted by Gasteiger charge is -2.09. The van der Waals surface area contributed by atoms with Crippen LogP contribution in [0.4, 0.5) is 0 Å². The Kier molecular flexibility index (Phi) is 4.09. The highest BCUT2D eigenvalue weighted by molar-refractivity contribution is 5.56. The Labute approximate surface area is 102 Å². The van der Waals surface area contributed by atoms with Gasteiger partial charge in [0.1, 0.15) is 0 Å². The quantitative estimate of drug-likeness (QED) is 0.760. The van der Waals surface area contributed by atoms with Crippen LogP contribution in [0.2, 0.25) is 0 Å². The Morgan fingerprint density at radius 3 is 1.53 bits per heavy atom. The summed E-state index contributed by atoms with van der Waals surface area (Å²) < 4.78 is 0. The van der Waals surface area contributed by atoms with Gasteiger partial charge in [0.2, 0.25) is 6.29 Å². The third-order valence-corrected chi connectivity index (χ3v) is 2.82. The molecule has 0 aliphatic heterocycles. The first-order valence-electron chi connectivity index (χ1n) is 5.84. The zero-order valence-corrected chi connectivity index (χ0v) is 9.67. The molecule has 0 aliphatic rings. The molecule has 2 aromatic carbocycles. The van der Waals surface area contributed by atoms with Gasteiger partial charge in [-0.3, -0.25) is 4.79 Å². The van der Waals surface area contributed by atoms with Gasteiger partial charge in [-0.05, 0) is 24.0 Å². The van der Waals surface area contributed by atoms with Gasteiger partial charge in [-0.15, -0.1) is 0 Å². The van der Waals surface area contributed by atoms with Crippen LogP contribution in [0.25, 0.3) is 0 Å². The molecule has 2 aromatic rings. The maximum atomic E-state index is 11.0. The molecule has 0 saturated carbocycles. The molecule has 0 N–H and O–H groups in total. The zero-order valence-electron chi connectivity index (χ0n) is 9.67. The summed E-state index contributed by atoms with van der Waals surface area (Å²) in [7, 11) is 0. The van der Waals surface area contributed by atoms with Crippen LogP contribution in [-0.2, 0) is 17.6 Å². The van der Waals surface area contributed by atoms with E-state index in [2.05, 4.69) is 30.6 Å². The summed E-state index contributed by atoms with van der Waals surface area (Å²) in [5.41, 5.74) is 2.38. The van der Waals surface area contributed by atoms with Crippen LogP contribution in [-0.4, -0.2) is 6.29 Å². The maximum Gasteiger partial charge on any atom is 0.202 e. The summed E-state index contributed by atoms with van der Waals surface area (Å²) in [6.07, 6.45) is 3.68. The van der Waals surface area contributed by atoms with Gasteiger partial charge in [0.05, 0.1) is 0 Å². The molecule has 0 saturated heterocycles. The van der Waals surface area contributed by atoms with Crippen molar-refractivity contribution in [2.75, 3.05) is 0 Å². The summed E-state index contributed by atoms with van der Waals surface area (Å²) in [6.45, 7) is 0. The van der Waals surface area contributed by atoms with Gasteiger partial charge in [0.25, 0.3) is 0 Å². The van der Waals surface area contributed by atoms with E-state index in [0.717, 1.165) is 12.8 Å². The molecule has 0 amide bonds. The first-order valence-corrected chi connectivity index (χ1v) is 5.84. The molecule has 17 heavy (non-hydrogen) atoms. The fourth-order valence-electron chi connectivity index (χ4n) is 1.95. The van der Waals surface area contributed by atoms with Crippen molar-refractivity contribution in [2.24, 2.45) is 5.92 Å².